The molecule has 0 radical (unpaired) electrons. The standard InChI is InChI=1S/C14H12ClIN2O/c15-12-7-13(19)18(14(17-12)10-3-4-10)8-9-1-5-11(16)6-2-9/h1-2,5-7,10H,3-4,8H2. The van der Waals surface area contributed by atoms with Crippen LogP contribution in [0.1, 0.15) is 30.1 Å². The van der Waals surface area contributed by atoms with E-state index in [9.17, 15) is 4.79 Å². The topological polar surface area (TPSA) is 34.9 Å². The highest BCUT2D eigenvalue weighted by Crippen LogP contribution is 2.38. The Morgan fingerprint density at radius 3 is 2.63 bits per heavy atom. The Morgan fingerprint density at radius 1 is 1.32 bits per heavy atom. The quantitative estimate of drug-likeness (QED) is 0.598. The number of aromatic nitrogens is 2. The Bertz CT molecular complexity index is 662. The largest absolute Gasteiger partial charge is 0.292 e. The molecule has 98 valence electrons. The van der Waals surface area contributed by atoms with Crippen molar-refractivity contribution in [1.82, 2.24) is 9.55 Å². The third kappa shape index (κ3) is 3.00. The molecule has 0 N–H and O–H groups in total. The van der Waals surface area contributed by atoms with Gasteiger partial charge in [0.15, 0.2) is 0 Å². The predicted molar refractivity (Wildman–Crippen MR) is 83.7 cm³/mol. The van der Waals surface area contributed by atoms with Crippen molar-refractivity contribution in [1.29, 1.82) is 0 Å². The van der Waals surface area contributed by atoms with E-state index < -0.39 is 0 Å². The minimum atomic E-state index is -0.0690. The van der Waals surface area contributed by atoms with Crippen molar-refractivity contribution in [2.24, 2.45) is 0 Å². The van der Waals surface area contributed by atoms with Gasteiger partial charge in [-0.1, -0.05) is 23.7 Å². The maximum atomic E-state index is 12.1. The van der Waals surface area contributed by atoms with Gasteiger partial charge in [0.25, 0.3) is 5.56 Å². The van der Waals surface area contributed by atoms with Gasteiger partial charge in [-0.2, -0.15) is 0 Å². The Kier molecular flexibility index (Phi) is 3.62. The first kappa shape index (κ1) is 13.1. The second-order valence-electron chi connectivity index (χ2n) is 4.76. The van der Waals surface area contributed by atoms with E-state index in [4.69, 9.17) is 11.6 Å². The molecule has 3 nitrogen and oxygen atoms in total. The Labute approximate surface area is 129 Å². The van der Waals surface area contributed by atoms with Crippen molar-refractivity contribution in [3.63, 3.8) is 0 Å². The number of benzene rings is 1. The van der Waals surface area contributed by atoms with Gasteiger partial charge in [0, 0.05) is 15.6 Å². The summed E-state index contributed by atoms with van der Waals surface area (Å²) in [5, 5.41) is 0.297. The molecule has 0 bridgehead atoms. The fraction of sp³-hybridized carbons (Fsp3) is 0.286. The fourth-order valence-electron chi connectivity index (χ4n) is 2.08. The molecule has 0 spiro atoms. The molecular weight excluding hydrogens is 375 g/mol. The molecule has 0 unspecified atom stereocenters. The van der Waals surface area contributed by atoms with E-state index in [0.717, 1.165) is 24.2 Å². The van der Waals surface area contributed by atoms with Crippen LogP contribution in [-0.2, 0) is 6.54 Å². The zero-order chi connectivity index (χ0) is 13.4. The maximum absolute atomic E-state index is 12.1. The summed E-state index contributed by atoms with van der Waals surface area (Å²) in [5.74, 6) is 1.23. The lowest BCUT2D eigenvalue weighted by molar-refractivity contribution is 0.669. The summed E-state index contributed by atoms with van der Waals surface area (Å²) in [6.07, 6.45) is 2.19. The van der Waals surface area contributed by atoms with Crippen molar-refractivity contribution in [2.75, 3.05) is 0 Å². The van der Waals surface area contributed by atoms with Gasteiger partial charge in [-0.15, -0.1) is 0 Å². The van der Waals surface area contributed by atoms with Crippen LogP contribution < -0.4 is 5.56 Å². The van der Waals surface area contributed by atoms with Crippen LogP contribution in [0, 0.1) is 3.57 Å². The summed E-state index contributed by atoms with van der Waals surface area (Å²) < 4.78 is 2.93. The number of hydrogen-bond donors (Lipinski definition) is 0. The summed E-state index contributed by atoms with van der Waals surface area (Å²) in [4.78, 5) is 16.4. The van der Waals surface area contributed by atoms with E-state index in [-0.39, 0.29) is 5.56 Å². The number of nitrogens with zero attached hydrogens (tertiary/aromatic N) is 2. The molecule has 0 saturated heterocycles. The van der Waals surface area contributed by atoms with E-state index in [0.29, 0.717) is 17.6 Å². The van der Waals surface area contributed by atoms with Crippen LogP contribution in [0.2, 0.25) is 5.15 Å². The molecule has 19 heavy (non-hydrogen) atoms. The third-order valence-electron chi connectivity index (χ3n) is 3.20. The molecular formula is C14H12ClIN2O. The highest BCUT2D eigenvalue weighted by Gasteiger charge is 2.28. The molecule has 1 saturated carbocycles. The van der Waals surface area contributed by atoms with Gasteiger partial charge in [-0.25, -0.2) is 4.98 Å². The molecule has 0 atom stereocenters. The molecule has 0 amide bonds. The summed E-state index contributed by atoms with van der Waals surface area (Å²) >= 11 is 8.16. The van der Waals surface area contributed by atoms with Crippen LogP contribution in [0.3, 0.4) is 0 Å². The summed E-state index contributed by atoms with van der Waals surface area (Å²) in [6, 6.07) is 9.56. The molecule has 0 aliphatic heterocycles. The van der Waals surface area contributed by atoms with Gasteiger partial charge in [-0.3, -0.25) is 9.36 Å². The Morgan fingerprint density at radius 2 is 2.00 bits per heavy atom. The average molecular weight is 387 g/mol. The molecule has 1 aliphatic rings. The van der Waals surface area contributed by atoms with Crippen LogP contribution in [-0.4, -0.2) is 9.55 Å². The summed E-state index contributed by atoms with van der Waals surface area (Å²) in [6.45, 7) is 0.561. The molecule has 1 heterocycles. The minimum Gasteiger partial charge on any atom is -0.292 e. The average Bonchev–Trinajstić information content (AvgIpc) is 3.19. The summed E-state index contributed by atoms with van der Waals surface area (Å²) in [5.41, 5.74) is 1.04. The van der Waals surface area contributed by atoms with Crippen LogP contribution in [0.15, 0.2) is 35.1 Å². The molecule has 5 heteroatoms. The van der Waals surface area contributed by atoms with Crippen LogP contribution >= 0.6 is 34.2 Å². The van der Waals surface area contributed by atoms with Crippen molar-refractivity contribution in [2.45, 2.75) is 25.3 Å². The highest BCUT2D eigenvalue weighted by molar-refractivity contribution is 14.1. The van der Waals surface area contributed by atoms with Gasteiger partial charge in [-0.05, 0) is 53.1 Å². The van der Waals surface area contributed by atoms with Crippen molar-refractivity contribution in [3.05, 3.63) is 60.8 Å². The maximum Gasteiger partial charge on any atom is 0.255 e. The second-order valence-corrected chi connectivity index (χ2v) is 6.40. The first-order valence-corrected chi connectivity index (χ1v) is 7.61. The fourth-order valence-corrected chi connectivity index (χ4v) is 2.62. The molecule has 2 aromatic rings. The first-order chi connectivity index (χ1) is 9.13. The number of halogens is 2. The molecule has 1 aromatic carbocycles. The lowest BCUT2D eigenvalue weighted by Crippen LogP contribution is -2.24. The highest BCUT2D eigenvalue weighted by atomic mass is 127. The van der Waals surface area contributed by atoms with Gasteiger partial charge in [0.2, 0.25) is 0 Å². The van der Waals surface area contributed by atoms with Gasteiger partial charge < -0.3 is 0 Å². The number of hydrogen-bond acceptors (Lipinski definition) is 2. The molecule has 1 aliphatic carbocycles. The van der Waals surface area contributed by atoms with E-state index in [1.165, 1.54) is 9.64 Å². The molecule has 1 fully saturated rings. The monoisotopic (exact) mass is 386 g/mol. The van der Waals surface area contributed by atoms with E-state index in [1.54, 1.807) is 4.57 Å². The Hall–Kier alpha value is -0.880. The van der Waals surface area contributed by atoms with E-state index in [1.807, 2.05) is 24.3 Å². The van der Waals surface area contributed by atoms with Crippen molar-refractivity contribution >= 4 is 34.2 Å². The zero-order valence-electron chi connectivity index (χ0n) is 10.1. The predicted octanol–water partition coefficient (Wildman–Crippen LogP) is 3.43. The molecule has 3 rings (SSSR count). The van der Waals surface area contributed by atoms with Crippen molar-refractivity contribution < 1.29 is 0 Å². The normalized spacial score (nSPS) is 14.6. The van der Waals surface area contributed by atoms with Crippen LogP contribution in [0.25, 0.3) is 0 Å². The van der Waals surface area contributed by atoms with Crippen molar-refractivity contribution in [3.8, 4) is 0 Å². The smallest absolute Gasteiger partial charge is 0.255 e. The van der Waals surface area contributed by atoms with Gasteiger partial charge in [0.05, 0.1) is 6.54 Å². The lowest BCUT2D eigenvalue weighted by atomic mass is 10.2. The minimum absolute atomic E-state index is 0.0690. The van der Waals surface area contributed by atoms with Gasteiger partial charge in [0.1, 0.15) is 11.0 Å². The van der Waals surface area contributed by atoms with Gasteiger partial charge >= 0.3 is 0 Å². The van der Waals surface area contributed by atoms with Crippen LogP contribution in [0.4, 0.5) is 0 Å². The SMILES string of the molecule is O=c1cc(Cl)nc(C2CC2)n1Cc1ccc(I)cc1. The van der Waals surface area contributed by atoms with E-state index in [2.05, 4.69) is 27.6 Å². The van der Waals surface area contributed by atoms with E-state index >= 15 is 0 Å². The van der Waals surface area contributed by atoms with Crippen LogP contribution in [0.5, 0.6) is 0 Å². The first-order valence-electron chi connectivity index (χ1n) is 6.15. The zero-order valence-corrected chi connectivity index (χ0v) is 13.1. The number of rotatable bonds is 3. The molecule has 1 aromatic heterocycles. The lowest BCUT2D eigenvalue weighted by Gasteiger charge is -2.11. The second kappa shape index (κ2) is 5.25. The third-order valence-corrected chi connectivity index (χ3v) is 4.12. The summed E-state index contributed by atoms with van der Waals surface area (Å²) in [7, 11) is 0. The Balaban J connectivity index is 1.99.